The second-order valence-electron chi connectivity index (χ2n) is 9.62. The minimum atomic E-state index is -0.900. The number of nitriles is 1. The lowest BCUT2D eigenvalue weighted by Gasteiger charge is -2.18. The molecule has 0 unspecified atom stereocenters. The van der Waals surface area contributed by atoms with E-state index in [0.29, 0.717) is 55.1 Å². The van der Waals surface area contributed by atoms with Crippen LogP contribution in [0.1, 0.15) is 12.0 Å². The maximum Gasteiger partial charge on any atom is 0.419 e. The van der Waals surface area contributed by atoms with Crippen molar-refractivity contribution >= 4 is 17.0 Å². The van der Waals surface area contributed by atoms with E-state index in [0.717, 1.165) is 25.1 Å². The van der Waals surface area contributed by atoms with Crippen molar-refractivity contribution in [3.8, 4) is 17.2 Å². The third kappa shape index (κ3) is 7.30. The molecule has 0 saturated carbocycles. The summed E-state index contributed by atoms with van der Waals surface area (Å²) >= 11 is 0. The molecule has 1 aliphatic heterocycles. The van der Waals surface area contributed by atoms with Gasteiger partial charge < -0.3 is 29.4 Å². The molecule has 208 valence electrons. The molecule has 2 aromatic carbocycles. The van der Waals surface area contributed by atoms with Crippen LogP contribution in [0.2, 0.25) is 0 Å². The lowest BCUT2D eigenvalue weighted by molar-refractivity contribution is -0.132. The number of methoxy groups -OCH3 is 1. The van der Waals surface area contributed by atoms with Crippen molar-refractivity contribution in [2.75, 3.05) is 53.6 Å². The zero-order chi connectivity index (χ0) is 27.8. The van der Waals surface area contributed by atoms with E-state index >= 15 is 4.39 Å². The minimum absolute atomic E-state index is 0.0192. The number of benzene rings is 2. The second-order valence-corrected chi connectivity index (χ2v) is 9.62. The van der Waals surface area contributed by atoms with Gasteiger partial charge in [-0.25, -0.2) is 9.18 Å². The van der Waals surface area contributed by atoms with E-state index < -0.39 is 29.6 Å². The number of oxazole rings is 1. The number of carbonyl (C=O) groups is 1. The van der Waals surface area contributed by atoms with E-state index in [1.54, 1.807) is 35.9 Å². The smallest absolute Gasteiger partial charge is 0.408 e. The van der Waals surface area contributed by atoms with Gasteiger partial charge in [-0.2, -0.15) is 5.26 Å². The standard InChI is InChI=1S/C28H34FN5O5/c1-33(11-13-37-2)9-10-34-24-16-20(6-7-25(24)39-28(34)36)19-4-5-21(23(29)15-19)14-22(17-30)32-27(35)26-18-31-8-3-12-38-26/h4-7,15-16,22,26,31H,3,8-14,18H2,1-2H3,(H,32,35)/t22-,26-/m0/s1. The van der Waals surface area contributed by atoms with Crippen LogP contribution < -0.4 is 16.4 Å². The van der Waals surface area contributed by atoms with Gasteiger partial charge >= 0.3 is 5.76 Å². The summed E-state index contributed by atoms with van der Waals surface area (Å²) < 4.78 is 32.7. The zero-order valence-electron chi connectivity index (χ0n) is 22.2. The predicted octanol–water partition coefficient (Wildman–Crippen LogP) is 1.91. The van der Waals surface area contributed by atoms with Crippen LogP contribution in [0, 0.1) is 17.1 Å². The normalized spacial score (nSPS) is 16.6. The fraction of sp³-hybridized carbons (Fsp3) is 0.464. The van der Waals surface area contributed by atoms with Crippen molar-refractivity contribution < 1.29 is 23.1 Å². The molecule has 2 N–H and O–H groups in total. The number of halogens is 1. The maximum atomic E-state index is 15.1. The zero-order valence-corrected chi connectivity index (χ0v) is 22.2. The van der Waals surface area contributed by atoms with Gasteiger partial charge in [-0.15, -0.1) is 0 Å². The summed E-state index contributed by atoms with van der Waals surface area (Å²) in [6.45, 7) is 3.99. The number of likely N-dealkylation sites (N-methyl/N-ethyl adjacent to an activating group) is 1. The van der Waals surface area contributed by atoms with Gasteiger partial charge in [0, 0.05) is 46.3 Å². The van der Waals surface area contributed by atoms with Crippen molar-refractivity contribution in [3.63, 3.8) is 0 Å². The van der Waals surface area contributed by atoms with E-state index in [9.17, 15) is 14.9 Å². The highest BCUT2D eigenvalue weighted by atomic mass is 19.1. The Hall–Kier alpha value is -3.56. The molecule has 1 aliphatic rings. The van der Waals surface area contributed by atoms with Gasteiger partial charge in [0.1, 0.15) is 18.0 Å². The van der Waals surface area contributed by atoms with Crippen molar-refractivity contribution in [1.82, 2.24) is 20.1 Å². The summed E-state index contributed by atoms with van der Waals surface area (Å²) in [6.07, 6.45) is 0.142. The summed E-state index contributed by atoms with van der Waals surface area (Å²) in [4.78, 5) is 27.1. The lowest BCUT2D eigenvalue weighted by Crippen LogP contribution is -2.46. The molecule has 2 heterocycles. The molecule has 39 heavy (non-hydrogen) atoms. The van der Waals surface area contributed by atoms with E-state index in [1.165, 1.54) is 6.07 Å². The van der Waals surface area contributed by atoms with Gasteiger partial charge in [-0.3, -0.25) is 9.36 Å². The number of hydrogen-bond donors (Lipinski definition) is 2. The maximum absolute atomic E-state index is 15.1. The van der Waals surface area contributed by atoms with Crippen molar-refractivity contribution in [2.24, 2.45) is 0 Å². The first-order valence-electron chi connectivity index (χ1n) is 13.0. The first kappa shape index (κ1) is 28.4. The summed E-state index contributed by atoms with van der Waals surface area (Å²) in [7, 11) is 3.59. The fourth-order valence-corrected chi connectivity index (χ4v) is 4.47. The molecular formula is C28H34FN5O5. The molecule has 1 fully saturated rings. The molecule has 4 rings (SSSR count). The van der Waals surface area contributed by atoms with Crippen molar-refractivity contribution in [2.45, 2.75) is 31.5 Å². The fourth-order valence-electron chi connectivity index (χ4n) is 4.47. The first-order valence-corrected chi connectivity index (χ1v) is 13.0. The van der Waals surface area contributed by atoms with Crippen LogP contribution in [0.4, 0.5) is 4.39 Å². The summed E-state index contributed by atoms with van der Waals surface area (Å²) in [5, 5.41) is 15.4. The Morgan fingerprint density at radius 2 is 2.10 bits per heavy atom. The van der Waals surface area contributed by atoms with Crippen LogP contribution in [-0.2, 0) is 27.2 Å². The molecule has 0 bridgehead atoms. The topological polar surface area (TPSA) is 122 Å². The number of rotatable bonds is 11. The average Bonchev–Trinajstić information content (AvgIpc) is 3.08. The van der Waals surface area contributed by atoms with Gasteiger partial charge in [0.15, 0.2) is 5.58 Å². The van der Waals surface area contributed by atoms with Crippen LogP contribution in [-0.4, -0.2) is 81.1 Å². The van der Waals surface area contributed by atoms with Crippen LogP contribution >= 0.6 is 0 Å². The van der Waals surface area contributed by atoms with Crippen molar-refractivity contribution in [1.29, 1.82) is 5.26 Å². The van der Waals surface area contributed by atoms with E-state index in [2.05, 4.69) is 15.5 Å². The van der Waals surface area contributed by atoms with Gasteiger partial charge in [-0.1, -0.05) is 18.2 Å². The monoisotopic (exact) mass is 539 g/mol. The highest BCUT2D eigenvalue weighted by molar-refractivity contribution is 5.82. The minimum Gasteiger partial charge on any atom is -0.408 e. The molecule has 0 radical (unpaired) electrons. The average molecular weight is 540 g/mol. The SMILES string of the molecule is COCCN(C)CCn1c(=O)oc2ccc(-c3ccc(C[C@@H](C#N)NC(=O)[C@@H]4CNCCCO4)c(F)c3)cc21. The number of nitrogens with one attached hydrogen (secondary N) is 2. The quantitative estimate of drug-likeness (QED) is 0.379. The number of amides is 1. The molecule has 1 saturated heterocycles. The van der Waals surface area contributed by atoms with E-state index in [4.69, 9.17) is 13.9 Å². The highest BCUT2D eigenvalue weighted by Crippen LogP contribution is 2.26. The molecule has 0 aliphatic carbocycles. The Morgan fingerprint density at radius 1 is 1.31 bits per heavy atom. The third-order valence-corrected chi connectivity index (χ3v) is 6.77. The largest absolute Gasteiger partial charge is 0.419 e. The lowest BCUT2D eigenvalue weighted by atomic mass is 10.00. The van der Waals surface area contributed by atoms with Crippen LogP contribution in [0.15, 0.2) is 45.6 Å². The highest BCUT2D eigenvalue weighted by Gasteiger charge is 2.24. The predicted molar refractivity (Wildman–Crippen MR) is 144 cm³/mol. The molecular weight excluding hydrogens is 505 g/mol. The van der Waals surface area contributed by atoms with Gasteiger partial charge in [0.2, 0.25) is 0 Å². The first-order chi connectivity index (χ1) is 18.9. The third-order valence-electron chi connectivity index (χ3n) is 6.77. The van der Waals surface area contributed by atoms with Crippen molar-refractivity contribution in [3.05, 3.63) is 58.3 Å². The number of ether oxygens (including phenoxy) is 2. The summed E-state index contributed by atoms with van der Waals surface area (Å²) in [5.41, 5.74) is 2.74. The Kier molecular flexibility index (Phi) is 9.84. The van der Waals surface area contributed by atoms with Crippen LogP contribution in [0.5, 0.6) is 0 Å². The van der Waals surface area contributed by atoms with Gasteiger partial charge in [0.05, 0.1) is 18.2 Å². The van der Waals surface area contributed by atoms with Gasteiger partial charge in [-0.05, 0) is 54.9 Å². The van der Waals surface area contributed by atoms with Crippen LogP contribution in [0.25, 0.3) is 22.2 Å². The molecule has 1 aromatic heterocycles. The van der Waals surface area contributed by atoms with Gasteiger partial charge in [0.25, 0.3) is 5.91 Å². The molecule has 0 spiro atoms. The Balaban J connectivity index is 1.47. The summed E-state index contributed by atoms with van der Waals surface area (Å²) in [6, 6.07) is 11.2. The number of carbonyl (C=O) groups excluding carboxylic acids is 1. The number of nitrogens with zero attached hydrogens (tertiary/aromatic N) is 3. The Bertz CT molecular complexity index is 1370. The molecule has 1 amide bonds. The number of fused-ring (bicyclic) bond motifs is 1. The Morgan fingerprint density at radius 3 is 2.87 bits per heavy atom. The Labute approximate surface area is 226 Å². The second kappa shape index (κ2) is 13.5. The molecule has 11 heteroatoms. The molecule has 2 atom stereocenters. The van der Waals surface area contributed by atoms with E-state index in [1.807, 2.05) is 19.2 Å². The molecule has 10 nitrogen and oxygen atoms in total. The van der Waals surface area contributed by atoms with E-state index in [-0.39, 0.29) is 6.42 Å². The molecule has 3 aromatic rings. The number of aromatic nitrogens is 1. The number of hydrogen-bond acceptors (Lipinski definition) is 8. The van der Waals surface area contributed by atoms with Crippen LogP contribution in [0.3, 0.4) is 0 Å². The summed E-state index contributed by atoms with van der Waals surface area (Å²) in [5.74, 6) is -1.32.